The quantitative estimate of drug-likeness (QED) is 0.389. The molecule has 0 unspecified atom stereocenters. The van der Waals surface area contributed by atoms with Crippen LogP contribution < -0.4 is 11.3 Å². The summed E-state index contributed by atoms with van der Waals surface area (Å²) in [6, 6.07) is 8.89. The molecular weight excluding hydrogens is 312 g/mol. The van der Waals surface area contributed by atoms with Gasteiger partial charge in [-0.2, -0.15) is 5.26 Å². The predicted molar refractivity (Wildman–Crippen MR) is 89.9 cm³/mol. The van der Waals surface area contributed by atoms with Gasteiger partial charge >= 0.3 is 0 Å². The molecule has 0 atom stereocenters. The number of rotatable bonds is 5. The molecule has 0 amide bonds. The zero-order chi connectivity index (χ0) is 17.0. The SMILES string of the molecule is CCn1c(SCC(=O)/C(C#N)=C(\C)N)nc2ccccc2c1=O. The van der Waals surface area contributed by atoms with Gasteiger partial charge in [0.1, 0.15) is 11.6 Å². The molecule has 1 heterocycles. The summed E-state index contributed by atoms with van der Waals surface area (Å²) in [5.41, 5.74) is 6.11. The normalized spacial score (nSPS) is 11.9. The Morgan fingerprint density at radius 1 is 1.43 bits per heavy atom. The number of ketones is 1. The van der Waals surface area contributed by atoms with E-state index >= 15 is 0 Å². The average Bonchev–Trinajstić information content (AvgIpc) is 2.53. The molecule has 118 valence electrons. The fourth-order valence-electron chi connectivity index (χ4n) is 2.11. The van der Waals surface area contributed by atoms with Crippen molar-refractivity contribution in [1.82, 2.24) is 9.55 Å². The van der Waals surface area contributed by atoms with Gasteiger partial charge in [0.25, 0.3) is 5.56 Å². The van der Waals surface area contributed by atoms with Crippen LogP contribution in [0.4, 0.5) is 0 Å². The van der Waals surface area contributed by atoms with Gasteiger partial charge in [-0.15, -0.1) is 0 Å². The molecule has 0 fully saturated rings. The van der Waals surface area contributed by atoms with E-state index in [9.17, 15) is 9.59 Å². The van der Waals surface area contributed by atoms with Crippen molar-refractivity contribution in [3.63, 3.8) is 0 Å². The van der Waals surface area contributed by atoms with Crippen molar-refractivity contribution in [3.05, 3.63) is 45.9 Å². The molecule has 0 aliphatic heterocycles. The van der Waals surface area contributed by atoms with Crippen LogP contribution in [0.5, 0.6) is 0 Å². The van der Waals surface area contributed by atoms with Gasteiger partial charge in [0.15, 0.2) is 10.9 Å². The third-order valence-electron chi connectivity index (χ3n) is 3.26. The Bertz CT molecular complexity index is 889. The first kappa shape index (κ1) is 16.8. The van der Waals surface area contributed by atoms with Crippen molar-refractivity contribution in [3.8, 4) is 6.07 Å². The van der Waals surface area contributed by atoms with Gasteiger partial charge in [0, 0.05) is 12.2 Å². The Morgan fingerprint density at radius 3 is 2.74 bits per heavy atom. The van der Waals surface area contributed by atoms with Crippen LogP contribution in [0.15, 0.2) is 45.5 Å². The summed E-state index contributed by atoms with van der Waals surface area (Å²) in [7, 11) is 0. The monoisotopic (exact) mass is 328 g/mol. The van der Waals surface area contributed by atoms with Gasteiger partial charge < -0.3 is 5.73 Å². The standard InChI is InChI=1S/C16H16N4O2S/c1-3-20-15(22)11-6-4-5-7-13(11)19-16(20)23-9-14(21)12(8-17)10(2)18/h4-7H,3,9,18H2,1-2H3/b12-10+. The van der Waals surface area contributed by atoms with Gasteiger partial charge in [0.2, 0.25) is 0 Å². The van der Waals surface area contributed by atoms with Gasteiger partial charge in [-0.3, -0.25) is 14.2 Å². The summed E-state index contributed by atoms with van der Waals surface area (Å²) in [6.07, 6.45) is 0. The molecule has 2 aromatic rings. The summed E-state index contributed by atoms with van der Waals surface area (Å²) >= 11 is 1.13. The number of aromatic nitrogens is 2. The second-order valence-corrected chi connectivity index (χ2v) is 5.79. The second-order valence-electron chi connectivity index (χ2n) is 4.84. The molecule has 1 aromatic carbocycles. The van der Waals surface area contributed by atoms with Gasteiger partial charge in [-0.05, 0) is 26.0 Å². The number of hydrogen-bond acceptors (Lipinski definition) is 6. The zero-order valence-corrected chi connectivity index (χ0v) is 13.7. The van der Waals surface area contributed by atoms with Gasteiger partial charge in [-0.25, -0.2) is 4.98 Å². The fourth-order valence-corrected chi connectivity index (χ4v) is 3.04. The summed E-state index contributed by atoms with van der Waals surface area (Å²) in [4.78, 5) is 29.0. The minimum absolute atomic E-state index is 0.00220. The van der Waals surface area contributed by atoms with E-state index in [1.165, 1.54) is 11.5 Å². The Kier molecular flexibility index (Phi) is 5.19. The van der Waals surface area contributed by atoms with Crippen molar-refractivity contribution < 1.29 is 4.79 Å². The molecule has 0 spiro atoms. The van der Waals surface area contributed by atoms with Crippen molar-refractivity contribution in [2.24, 2.45) is 5.73 Å². The number of hydrogen-bond donors (Lipinski definition) is 1. The van der Waals surface area contributed by atoms with Crippen LogP contribution in [0.3, 0.4) is 0 Å². The highest BCUT2D eigenvalue weighted by Gasteiger charge is 2.15. The fraction of sp³-hybridized carbons (Fsp3) is 0.250. The first-order valence-electron chi connectivity index (χ1n) is 7.01. The summed E-state index contributed by atoms with van der Waals surface area (Å²) in [6.45, 7) is 3.80. The number of fused-ring (bicyclic) bond motifs is 1. The van der Waals surface area contributed by atoms with Crippen molar-refractivity contribution in [2.75, 3.05) is 5.75 Å². The minimum Gasteiger partial charge on any atom is -0.401 e. The highest BCUT2D eigenvalue weighted by atomic mass is 32.2. The molecule has 0 saturated carbocycles. The van der Waals surface area contributed by atoms with E-state index < -0.39 is 0 Å². The van der Waals surface area contributed by atoms with Crippen molar-refractivity contribution in [1.29, 1.82) is 5.26 Å². The van der Waals surface area contributed by atoms with E-state index in [4.69, 9.17) is 11.0 Å². The zero-order valence-electron chi connectivity index (χ0n) is 12.9. The smallest absolute Gasteiger partial charge is 0.262 e. The molecule has 23 heavy (non-hydrogen) atoms. The van der Waals surface area contributed by atoms with Crippen LogP contribution >= 0.6 is 11.8 Å². The summed E-state index contributed by atoms with van der Waals surface area (Å²) in [5.74, 6) is -0.370. The first-order valence-corrected chi connectivity index (χ1v) is 8.00. The number of benzene rings is 1. The third-order valence-corrected chi connectivity index (χ3v) is 4.24. The van der Waals surface area contributed by atoms with E-state index in [0.717, 1.165) is 11.8 Å². The van der Waals surface area contributed by atoms with Gasteiger partial charge in [0.05, 0.1) is 16.7 Å². The molecule has 0 radical (unpaired) electrons. The predicted octanol–water partition coefficient (Wildman–Crippen LogP) is 1.83. The lowest BCUT2D eigenvalue weighted by Gasteiger charge is -2.10. The Morgan fingerprint density at radius 2 is 2.13 bits per heavy atom. The molecule has 6 nitrogen and oxygen atoms in total. The number of nitrogens with zero attached hydrogens (tertiary/aromatic N) is 3. The highest BCUT2D eigenvalue weighted by Crippen LogP contribution is 2.19. The third kappa shape index (κ3) is 3.43. The number of carbonyl (C=O) groups excluding carboxylic acids is 1. The highest BCUT2D eigenvalue weighted by molar-refractivity contribution is 7.99. The van der Waals surface area contributed by atoms with Crippen LogP contribution in [0, 0.1) is 11.3 Å². The van der Waals surface area contributed by atoms with Crippen LogP contribution in [-0.4, -0.2) is 21.1 Å². The van der Waals surface area contributed by atoms with Crippen LogP contribution in [0.25, 0.3) is 10.9 Å². The maximum absolute atomic E-state index is 12.5. The Hall–Kier alpha value is -2.59. The molecule has 0 bridgehead atoms. The number of para-hydroxylation sites is 1. The second kappa shape index (κ2) is 7.11. The lowest BCUT2D eigenvalue weighted by Crippen LogP contribution is -2.23. The molecule has 1 aromatic heterocycles. The van der Waals surface area contributed by atoms with Crippen LogP contribution in [-0.2, 0) is 11.3 Å². The first-order chi connectivity index (χ1) is 11.0. The Balaban J connectivity index is 2.38. The number of nitriles is 1. The lowest BCUT2D eigenvalue weighted by atomic mass is 10.2. The number of allylic oxidation sites excluding steroid dienone is 2. The average molecular weight is 328 g/mol. The molecule has 0 aliphatic rings. The van der Waals surface area contributed by atoms with Crippen LogP contribution in [0.2, 0.25) is 0 Å². The molecule has 2 rings (SSSR count). The van der Waals surface area contributed by atoms with Crippen molar-refractivity contribution in [2.45, 2.75) is 25.5 Å². The molecule has 2 N–H and O–H groups in total. The largest absolute Gasteiger partial charge is 0.401 e. The lowest BCUT2D eigenvalue weighted by molar-refractivity contribution is -0.112. The number of carbonyl (C=O) groups is 1. The van der Waals surface area contributed by atoms with E-state index in [0.29, 0.717) is 22.6 Å². The van der Waals surface area contributed by atoms with E-state index in [2.05, 4.69) is 4.98 Å². The summed E-state index contributed by atoms with van der Waals surface area (Å²) < 4.78 is 1.52. The minimum atomic E-state index is -0.373. The van der Waals surface area contributed by atoms with Gasteiger partial charge in [-0.1, -0.05) is 23.9 Å². The van der Waals surface area contributed by atoms with Crippen LogP contribution in [0.1, 0.15) is 13.8 Å². The molecule has 0 saturated heterocycles. The molecule has 0 aliphatic carbocycles. The van der Waals surface area contributed by atoms with E-state index in [1.54, 1.807) is 24.3 Å². The molecular formula is C16H16N4O2S. The maximum atomic E-state index is 12.5. The number of thioether (sulfide) groups is 1. The summed E-state index contributed by atoms with van der Waals surface area (Å²) in [5, 5.41) is 9.96. The number of nitrogens with two attached hydrogens (primary N) is 1. The van der Waals surface area contributed by atoms with Crippen molar-refractivity contribution >= 4 is 28.4 Å². The van der Waals surface area contributed by atoms with E-state index in [1.807, 2.05) is 13.0 Å². The maximum Gasteiger partial charge on any atom is 0.262 e. The Labute approximate surface area is 137 Å². The number of Topliss-reactive ketones (excluding diaryl/α,β-unsaturated/α-hetero) is 1. The molecule has 7 heteroatoms. The topological polar surface area (TPSA) is 102 Å². The van der Waals surface area contributed by atoms with E-state index in [-0.39, 0.29) is 28.4 Å².